The van der Waals surface area contributed by atoms with E-state index in [1.807, 2.05) is 30.3 Å². The molecule has 1 aromatic heterocycles. The summed E-state index contributed by atoms with van der Waals surface area (Å²) >= 11 is 3.24. The zero-order valence-electron chi connectivity index (χ0n) is 13.2. The number of nitrogens with zero attached hydrogens (tertiary/aromatic N) is 1. The average molecular weight is 404 g/mol. The van der Waals surface area contributed by atoms with Crippen LogP contribution in [0.15, 0.2) is 63.6 Å². The molecule has 3 aromatic rings. The first-order valence-electron chi connectivity index (χ1n) is 7.71. The van der Waals surface area contributed by atoms with Crippen LogP contribution in [-0.4, -0.2) is 11.0 Å². The Hall–Kier alpha value is -2.47. The summed E-state index contributed by atoms with van der Waals surface area (Å²) < 4.78 is 24.4. The lowest BCUT2D eigenvalue weighted by atomic mass is 10.2. The number of rotatable bonds is 6. The van der Waals surface area contributed by atoms with E-state index in [1.54, 1.807) is 12.3 Å². The second-order valence-electron chi connectivity index (χ2n) is 5.38. The number of hydrogen-bond donors (Lipinski definition) is 0. The minimum atomic E-state index is -0.365. The number of hydrogen-bond acceptors (Lipinski definition) is 4. The van der Waals surface area contributed by atoms with Crippen molar-refractivity contribution in [2.45, 2.75) is 19.4 Å². The summed E-state index contributed by atoms with van der Waals surface area (Å²) in [5, 5.41) is 0. The minimum absolute atomic E-state index is 0.0839. The number of carbonyl (C=O) groups is 1. The van der Waals surface area contributed by atoms with Gasteiger partial charge in [-0.15, -0.1) is 0 Å². The number of esters is 1. The van der Waals surface area contributed by atoms with Gasteiger partial charge in [-0.25, -0.2) is 9.37 Å². The fourth-order valence-electron chi connectivity index (χ4n) is 2.24. The van der Waals surface area contributed by atoms with Gasteiger partial charge < -0.3 is 9.15 Å². The van der Waals surface area contributed by atoms with Crippen LogP contribution in [0.1, 0.15) is 17.9 Å². The van der Waals surface area contributed by atoms with Gasteiger partial charge in [-0.1, -0.05) is 52.3 Å². The zero-order valence-corrected chi connectivity index (χ0v) is 14.8. The second kappa shape index (κ2) is 8.07. The topological polar surface area (TPSA) is 52.3 Å². The number of halogens is 2. The number of aromatic nitrogens is 1. The van der Waals surface area contributed by atoms with E-state index in [-0.39, 0.29) is 24.8 Å². The standard InChI is InChI=1S/C19H15BrFNO3/c20-16-10-15(21)7-6-14(16)12-24-19(23)9-8-18-22-11-17(25-18)13-4-2-1-3-5-13/h1-7,10-11H,8-9,12H2. The van der Waals surface area contributed by atoms with Gasteiger partial charge in [0.05, 0.1) is 12.6 Å². The van der Waals surface area contributed by atoms with Gasteiger partial charge in [0.1, 0.15) is 12.4 Å². The normalized spacial score (nSPS) is 10.6. The molecule has 25 heavy (non-hydrogen) atoms. The third kappa shape index (κ3) is 4.76. The zero-order chi connectivity index (χ0) is 17.6. The second-order valence-corrected chi connectivity index (χ2v) is 6.24. The molecule has 0 saturated heterocycles. The van der Waals surface area contributed by atoms with E-state index in [1.165, 1.54) is 12.1 Å². The van der Waals surface area contributed by atoms with Crippen LogP contribution in [0.5, 0.6) is 0 Å². The van der Waals surface area contributed by atoms with Crippen LogP contribution in [0.3, 0.4) is 0 Å². The fraction of sp³-hybridized carbons (Fsp3) is 0.158. The maximum absolute atomic E-state index is 13.0. The predicted molar refractivity (Wildman–Crippen MR) is 94.2 cm³/mol. The summed E-state index contributed by atoms with van der Waals surface area (Å²) in [7, 11) is 0. The molecule has 0 radical (unpaired) electrons. The summed E-state index contributed by atoms with van der Waals surface area (Å²) in [6.45, 7) is 0.0839. The fourth-order valence-corrected chi connectivity index (χ4v) is 2.71. The van der Waals surface area contributed by atoms with Crippen molar-refractivity contribution in [2.75, 3.05) is 0 Å². The molecule has 4 nitrogen and oxygen atoms in total. The number of carbonyl (C=O) groups excluding carboxylic acids is 1. The molecule has 0 saturated carbocycles. The van der Waals surface area contributed by atoms with Crippen LogP contribution in [0, 0.1) is 5.82 Å². The minimum Gasteiger partial charge on any atom is -0.461 e. The van der Waals surface area contributed by atoms with Crippen molar-refractivity contribution in [1.29, 1.82) is 0 Å². The summed E-state index contributed by atoms with van der Waals surface area (Å²) in [6.07, 6.45) is 2.16. The number of aryl methyl sites for hydroxylation is 1. The van der Waals surface area contributed by atoms with Gasteiger partial charge in [0.2, 0.25) is 0 Å². The molecule has 0 unspecified atom stereocenters. The first kappa shape index (κ1) is 17.4. The lowest BCUT2D eigenvalue weighted by Gasteiger charge is -2.06. The van der Waals surface area contributed by atoms with Crippen LogP contribution in [0.25, 0.3) is 11.3 Å². The van der Waals surface area contributed by atoms with Crippen molar-refractivity contribution in [3.63, 3.8) is 0 Å². The van der Waals surface area contributed by atoms with E-state index in [9.17, 15) is 9.18 Å². The predicted octanol–water partition coefficient (Wildman–Crippen LogP) is 4.92. The largest absolute Gasteiger partial charge is 0.461 e. The molecule has 0 atom stereocenters. The first-order valence-corrected chi connectivity index (χ1v) is 8.51. The van der Waals surface area contributed by atoms with Crippen LogP contribution in [0.4, 0.5) is 4.39 Å². The Morgan fingerprint density at radius 2 is 2.00 bits per heavy atom. The van der Waals surface area contributed by atoms with E-state index in [2.05, 4.69) is 20.9 Å². The lowest BCUT2D eigenvalue weighted by molar-refractivity contribution is -0.145. The molecule has 0 aliphatic heterocycles. The van der Waals surface area contributed by atoms with Crippen molar-refractivity contribution in [3.8, 4) is 11.3 Å². The Labute approximate surface area is 152 Å². The molecule has 0 bridgehead atoms. The van der Waals surface area contributed by atoms with E-state index < -0.39 is 0 Å². The van der Waals surface area contributed by atoms with Crippen LogP contribution >= 0.6 is 15.9 Å². The van der Waals surface area contributed by atoms with Gasteiger partial charge in [0, 0.05) is 22.0 Å². The third-order valence-corrected chi connectivity index (χ3v) is 4.30. The summed E-state index contributed by atoms with van der Waals surface area (Å²) in [6, 6.07) is 13.9. The van der Waals surface area contributed by atoms with E-state index in [0.717, 1.165) is 5.56 Å². The van der Waals surface area contributed by atoms with E-state index in [4.69, 9.17) is 9.15 Å². The monoisotopic (exact) mass is 403 g/mol. The van der Waals surface area contributed by atoms with Crippen molar-refractivity contribution in [1.82, 2.24) is 4.98 Å². The van der Waals surface area contributed by atoms with Gasteiger partial charge in [0.25, 0.3) is 0 Å². The van der Waals surface area contributed by atoms with Gasteiger partial charge >= 0.3 is 5.97 Å². The van der Waals surface area contributed by atoms with Crippen molar-refractivity contribution in [2.24, 2.45) is 0 Å². The van der Waals surface area contributed by atoms with Gasteiger partial charge in [-0.3, -0.25) is 4.79 Å². The molecule has 0 aliphatic rings. The van der Waals surface area contributed by atoms with Gasteiger partial charge in [-0.2, -0.15) is 0 Å². The van der Waals surface area contributed by atoms with Crippen LogP contribution < -0.4 is 0 Å². The SMILES string of the molecule is O=C(CCc1ncc(-c2ccccc2)o1)OCc1ccc(F)cc1Br. The molecule has 0 spiro atoms. The van der Waals surface area contributed by atoms with Crippen LogP contribution in [0.2, 0.25) is 0 Å². The van der Waals surface area contributed by atoms with E-state index >= 15 is 0 Å². The van der Waals surface area contributed by atoms with E-state index in [0.29, 0.717) is 28.1 Å². The van der Waals surface area contributed by atoms with Crippen molar-refractivity contribution >= 4 is 21.9 Å². The summed E-state index contributed by atoms with van der Waals surface area (Å²) in [5.74, 6) is 0.439. The maximum atomic E-state index is 13.0. The summed E-state index contributed by atoms with van der Waals surface area (Å²) in [4.78, 5) is 16.0. The highest BCUT2D eigenvalue weighted by atomic mass is 79.9. The highest BCUT2D eigenvalue weighted by Crippen LogP contribution is 2.21. The highest BCUT2D eigenvalue weighted by molar-refractivity contribution is 9.10. The molecule has 0 amide bonds. The maximum Gasteiger partial charge on any atom is 0.306 e. The Balaban J connectivity index is 1.50. The van der Waals surface area contributed by atoms with Crippen LogP contribution in [-0.2, 0) is 22.6 Å². The quantitative estimate of drug-likeness (QED) is 0.548. The number of ether oxygens (including phenoxy) is 1. The Bertz CT molecular complexity index is 864. The Morgan fingerprint density at radius 3 is 2.76 bits per heavy atom. The average Bonchev–Trinajstić information content (AvgIpc) is 3.09. The molecular formula is C19H15BrFNO3. The van der Waals surface area contributed by atoms with Gasteiger partial charge in [-0.05, 0) is 12.1 Å². The highest BCUT2D eigenvalue weighted by Gasteiger charge is 2.11. The smallest absolute Gasteiger partial charge is 0.306 e. The third-order valence-electron chi connectivity index (χ3n) is 3.56. The molecule has 2 aromatic carbocycles. The number of benzene rings is 2. The van der Waals surface area contributed by atoms with Crippen molar-refractivity contribution in [3.05, 3.63) is 76.5 Å². The molecule has 0 fully saturated rings. The molecule has 0 N–H and O–H groups in total. The van der Waals surface area contributed by atoms with Crippen molar-refractivity contribution < 1.29 is 18.3 Å². The molecule has 6 heteroatoms. The summed E-state index contributed by atoms with van der Waals surface area (Å²) in [5.41, 5.74) is 1.64. The molecular weight excluding hydrogens is 389 g/mol. The van der Waals surface area contributed by atoms with Gasteiger partial charge in [0.15, 0.2) is 11.7 Å². The molecule has 0 aliphatic carbocycles. The Morgan fingerprint density at radius 1 is 1.20 bits per heavy atom. The molecule has 1 heterocycles. The number of oxazole rings is 1. The molecule has 3 rings (SSSR count). The lowest BCUT2D eigenvalue weighted by Crippen LogP contribution is -2.06. The molecule has 128 valence electrons. The first-order chi connectivity index (χ1) is 12.1. The Kier molecular flexibility index (Phi) is 5.60.